The third kappa shape index (κ3) is 14.7. The molecule has 71 heavy (non-hydrogen) atoms. The van der Waals surface area contributed by atoms with Gasteiger partial charge in [-0.3, -0.25) is 0 Å². The first-order valence-corrected chi connectivity index (χ1v) is 24.3. The fourth-order valence-corrected chi connectivity index (χ4v) is 7.67. The molecular formula is C54H47Cl2N7O8. The lowest BCUT2D eigenvalue weighted by Crippen LogP contribution is -2.68. The zero-order chi connectivity index (χ0) is 50.4. The molecule has 0 amide bonds. The van der Waals surface area contributed by atoms with E-state index in [1.165, 1.54) is 0 Å². The van der Waals surface area contributed by atoms with Gasteiger partial charge in [0.25, 0.3) is 11.6 Å². The molecule has 0 radical (unpaired) electrons. The minimum absolute atomic E-state index is 0.573. The molecule has 2 aromatic heterocycles. The summed E-state index contributed by atoms with van der Waals surface area (Å²) < 4.78 is 76.8. The first-order chi connectivity index (χ1) is 34.1. The van der Waals surface area contributed by atoms with Crippen LogP contribution < -0.4 is 51.5 Å². The predicted octanol–water partition coefficient (Wildman–Crippen LogP) is 0.763. The van der Waals surface area contributed by atoms with Gasteiger partial charge in [0, 0.05) is 19.8 Å². The molecule has 17 heteroatoms. The average molecular weight is 993 g/mol. The van der Waals surface area contributed by atoms with Crippen LogP contribution in [0, 0.1) is 20.5 Å². The number of rotatable bonds is 13. The van der Waals surface area contributed by atoms with Crippen molar-refractivity contribution in [3.63, 3.8) is 0 Å². The van der Waals surface area contributed by atoms with Crippen molar-refractivity contribution in [2.45, 2.75) is 13.1 Å². The highest BCUT2D eigenvalue weighted by Crippen LogP contribution is 2.31. The first-order valence-electron chi connectivity index (χ1n) is 21.9. The molecule has 0 N–H and O–H groups in total. The fraction of sp³-hybridized carbons (Fsp3) is 0.0741. The van der Waals surface area contributed by atoms with E-state index in [1.807, 2.05) is 12.1 Å². The molecule has 0 unspecified atom stereocenters. The van der Waals surface area contributed by atoms with Crippen LogP contribution in [0.2, 0.25) is 0 Å². The molecule has 0 atom stereocenters. The second-order valence-corrected chi connectivity index (χ2v) is 17.4. The van der Waals surface area contributed by atoms with Crippen LogP contribution >= 0.6 is 0 Å². The maximum Gasteiger partial charge on any atom is 0.317 e. The van der Waals surface area contributed by atoms with E-state index in [1.54, 1.807) is 0 Å². The zero-order valence-corrected chi connectivity index (χ0v) is 39.9. The fourth-order valence-electron chi connectivity index (χ4n) is 7.67. The SMILES string of the molecule is CN(C)c1ccc(C=CC=C(c2n[n+](-c3ccccc3)c(-c3ccccc3)n2Cc2ccccc2)c2n[n+](-c3ccccc3)c(-c3ccccc3)n2Cc2ccccc2)cc1.[O-][Cl+3]([O-])([O-])[O-].[O-][Cl+3]([O-])([O-])[O-]. The van der Waals surface area contributed by atoms with Crippen LogP contribution in [0.25, 0.3) is 45.8 Å². The molecule has 9 rings (SSSR count). The summed E-state index contributed by atoms with van der Waals surface area (Å²) in [7, 11) is -5.77. The molecule has 0 fully saturated rings. The third-order valence-electron chi connectivity index (χ3n) is 10.7. The van der Waals surface area contributed by atoms with Crippen LogP contribution in [0.5, 0.6) is 0 Å². The van der Waals surface area contributed by atoms with Gasteiger partial charge in [-0.15, -0.1) is 20.5 Å². The minimum Gasteiger partial charge on any atom is -0.378 e. The lowest BCUT2D eigenvalue weighted by atomic mass is 10.1. The molecule has 360 valence electrons. The van der Waals surface area contributed by atoms with E-state index in [9.17, 15) is 0 Å². The van der Waals surface area contributed by atoms with Crippen LogP contribution in [0.15, 0.2) is 218 Å². The molecular weight excluding hydrogens is 946 g/mol. The van der Waals surface area contributed by atoms with Gasteiger partial charge in [-0.05, 0) is 93.6 Å². The first kappa shape index (κ1) is 51.2. The quantitative estimate of drug-likeness (QED) is 0.116. The Morgan fingerprint density at radius 1 is 0.465 bits per heavy atom. The Balaban J connectivity index is 0.000000676. The van der Waals surface area contributed by atoms with E-state index in [4.69, 9.17) is 47.5 Å². The maximum absolute atomic E-state index is 8.49. The summed E-state index contributed by atoms with van der Waals surface area (Å²) in [5.41, 5.74) is 9.45. The number of aromatic nitrogens is 6. The van der Waals surface area contributed by atoms with Crippen molar-refractivity contribution < 1.29 is 67.1 Å². The molecule has 0 aliphatic carbocycles. The highest BCUT2D eigenvalue weighted by molar-refractivity contribution is 5.77. The van der Waals surface area contributed by atoms with E-state index in [0.717, 1.165) is 73.8 Å². The molecule has 0 saturated heterocycles. The zero-order valence-electron chi connectivity index (χ0n) is 38.4. The monoisotopic (exact) mass is 991 g/mol. The summed E-state index contributed by atoms with van der Waals surface area (Å²) >= 11 is 0. The number of nitrogens with zero attached hydrogens (tertiary/aromatic N) is 7. The molecule has 7 aromatic carbocycles. The molecule has 9 aromatic rings. The predicted molar refractivity (Wildman–Crippen MR) is 246 cm³/mol. The Labute approximate surface area is 415 Å². The number of hydrogen-bond donors (Lipinski definition) is 0. The number of anilines is 1. The van der Waals surface area contributed by atoms with Gasteiger partial charge in [-0.1, -0.05) is 167 Å². The summed E-state index contributed by atoms with van der Waals surface area (Å²) in [6.07, 6.45) is 6.47. The van der Waals surface area contributed by atoms with Gasteiger partial charge < -0.3 is 4.90 Å². The highest BCUT2D eigenvalue weighted by atomic mass is 35.7. The van der Waals surface area contributed by atoms with Crippen molar-refractivity contribution in [2.24, 2.45) is 0 Å². The minimum atomic E-state index is -4.94. The number of benzene rings is 7. The molecule has 15 nitrogen and oxygen atoms in total. The van der Waals surface area contributed by atoms with Gasteiger partial charge in [0.2, 0.25) is 0 Å². The van der Waals surface area contributed by atoms with Crippen LogP contribution in [0.1, 0.15) is 28.3 Å². The van der Waals surface area contributed by atoms with Crippen LogP contribution in [-0.4, -0.2) is 33.4 Å². The molecule has 0 saturated carbocycles. The van der Waals surface area contributed by atoms with Crippen molar-refractivity contribution in [2.75, 3.05) is 19.0 Å². The van der Waals surface area contributed by atoms with Crippen molar-refractivity contribution in [3.8, 4) is 34.2 Å². The third-order valence-corrected chi connectivity index (χ3v) is 10.7. The molecule has 0 aliphatic rings. The van der Waals surface area contributed by atoms with Gasteiger partial charge in [-0.2, -0.15) is 0 Å². The summed E-state index contributed by atoms with van der Waals surface area (Å²) in [5, 5.41) is 11.3. The van der Waals surface area contributed by atoms with Gasteiger partial charge in [-0.25, -0.2) is 46.4 Å². The van der Waals surface area contributed by atoms with Crippen LogP contribution in [-0.2, 0) is 13.1 Å². The second kappa shape index (κ2) is 23.8. The van der Waals surface area contributed by atoms with Crippen molar-refractivity contribution >= 4 is 17.3 Å². The van der Waals surface area contributed by atoms with Gasteiger partial charge in [0.1, 0.15) is 18.7 Å². The summed E-state index contributed by atoms with van der Waals surface area (Å²) in [6.45, 7) is 1.15. The van der Waals surface area contributed by atoms with Gasteiger partial charge in [0.05, 0.1) is 11.1 Å². The maximum atomic E-state index is 8.49. The number of hydrogen-bond acceptors (Lipinski definition) is 11. The van der Waals surface area contributed by atoms with E-state index in [0.29, 0.717) is 13.1 Å². The summed E-state index contributed by atoms with van der Waals surface area (Å²) in [6, 6.07) is 71.8. The van der Waals surface area contributed by atoms with Crippen molar-refractivity contribution in [3.05, 3.63) is 247 Å². The van der Waals surface area contributed by atoms with Crippen molar-refractivity contribution in [1.82, 2.24) is 19.3 Å². The lowest BCUT2D eigenvalue weighted by Gasteiger charge is -2.17. The molecule has 2 heterocycles. The summed E-state index contributed by atoms with van der Waals surface area (Å²) in [5.74, 6) is 3.47. The largest absolute Gasteiger partial charge is 0.378 e. The lowest BCUT2D eigenvalue weighted by molar-refractivity contribution is -2.00. The van der Waals surface area contributed by atoms with E-state index < -0.39 is 20.5 Å². The molecule has 0 spiro atoms. The van der Waals surface area contributed by atoms with E-state index >= 15 is 0 Å². The van der Waals surface area contributed by atoms with Crippen LogP contribution in [0.4, 0.5) is 5.69 Å². The Kier molecular flexibility index (Phi) is 17.2. The van der Waals surface area contributed by atoms with Gasteiger partial charge >= 0.3 is 11.6 Å². The standard InChI is InChI=1S/C54H47N7.2ClHO4/c1-57(2)47-38-36-42(37-39-47)26-21-35-50(51-55-60(48-31-17-7-18-32-48)53(45-27-13-5-14-28-45)58(51)40-43-22-9-3-10-23-43)52-56-61(49-33-19-8-20-34-49)54(46-29-15-6-16-30-46)59(52)41-44-24-11-4-12-25-44;2*2-1(3,4)5/h3-39H,40-41H2,1-2H3;2*(H,2,3,4,5)/q+2;;/p-2. The number of allylic oxidation sites excluding steroid dienone is 2. The van der Waals surface area contributed by atoms with Gasteiger partial charge in [0.15, 0.2) is 11.4 Å². The number of halogens is 2. The Morgan fingerprint density at radius 3 is 1.13 bits per heavy atom. The Morgan fingerprint density at radius 2 is 0.789 bits per heavy atom. The molecule has 0 aliphatic heterocycles. The Hall–Kier alpha value is -7.64. The normalized spacial score (nSPS) is 11.3. The highest BCUT2D eigenvalue weighted by Gasteiger charge is 2.37. The van der Waals surface area contributed by atoms with Crippen molar-refractivity contribution in [1.29, 1.82) is 0 Å². The number of para-hydroxylation sites is 2. The summed E-state index contributed by atoms with van der Waals surface area (Å²) in [4.78, 5) is 2.11. The van der Waals surface area contributed by atoms with Crippen LogP contribution in [0.3, 0.4) is 0 Å². The topological polar surface area (TPSA) is 231 Å². The second-order valence-electron chi connectivity index (χ2n) is 15.8. The smallest absolute Gasteiger partial charge is 0.317 e. The molecule has 0 bridgehead atoms. The Bertz CT molecular complexity index is 2940. The van der Waals surface area contributed by atoms with E-state index in [-0.39, 0.29) is 0 Å². The van der Waals surface area contributed by atoms with E-state index in [2.05, 4.69) is 250 Å². The average Bonchev–Trinajstić information content (AvgIpc) is 3.92.